The average molecular weight is 575 g/mol. The molecule has 5 atom stereocenters. The smallest absolute Gasteiger partial charge is 0.255 e. The van der Waals surface area contributed by atoms with Gasteiger partial charge >= 0.3 is 0 Å². The van der Waals surface area contributed by atoms with Crippen LogP contribution in [0, 0.1) is 29.3 Å². The van der Waals surface area contributed by atoms with Crippen LogP contribution in [0.2, 0.25) is 5.02 Å². The number of halogens is 4. The number of aliphatic hydroxyl groups excluding tert-OH is 1. The van der Waals surface area contributed by atoms with Gasteiger partial charge in [0.15, 0.2) is 27.3 Å². The maximum atomic E-state index is 13.6. The number of fused-ring (bicyclic) bond motifs is 2. The fourth-order valence-corrected chi connectivity index (χ4v) is 7.80. The monoisotopic (exact) mass is 574 g/mol. The number of benzene rings is 2. The van der Waals surface area contributed by atoms with Crippen molar-refractivity contribution in [1.82, 2.24) is 5.32 Å². The molecule has 0 aromatic heterocycles. The highest BCUT2D eigenvalue weighted by atomic mass is 35.5. The van der Waals surface area contributed by atoms with Gasteiger partial charge in [0.2, 0.25) is 5.91 Å². The SMILES string of the molecule is C[C@H](O)C(=O)NC[C@@]1(O)C2CC[C@H]1C[C@H](S(=O)(=O)c1cc(C(=O)Nc3cc(F)c(F)c(F)c3)ccc1Cl)C2. The molecule has 8 nitrogen and oxygen atoms in total. The van der Waals surface area contributed by atoms with Gasteiger partial charge in [-0.05, 0) is 62.6 Å². The number of anilines is 1. The lowest BCUT2D eigenvalue weighted by Crippen LogP contribution is -2.55. The number of sulfone groups is 1. The summed E-state index contributed by atoms with van der Waals surface area (Å²) < 4.78 is 67.4. The lowest BCUT2D eigenvalue weighted by molar-refractivity contribution is -0.131. The summed E-state index contributed by atoms with van der Waals surface area (Å²) in [5, 5.41) is 24.4. The summed E-state index contributed by atoms with van der Waals surface area (Å²) in [7, 11) is -4.08. The zero-order valence-corrected chi connectivity index (χ0v) is 21.8. The van der Waals surface area contributed by atoms with Crippen LogP contribution >= 0.6 is 11.6 Å². The summed E-state index contributed by atoms with van der Waals surface area (Å²) in [6.45, 7) is 1.19. The number of hydrogen-bond acceptors (Lipinski definition) is 6. The molecule has 0 heterocycles. The van der Waals surface area contributed by atoms with Crippen molar-refractivity contribution in [2.75, 3.05) is 11.9 Å². The third-order valence-corrected chi connectivity index (χ3v) is 10.1. The number of hydrogen-bond donors (Lipinski definition) is 4. The standard InChI is InChI=1S/C25H26ClF3N2O6S/c1-12(32)23(33)30-11-25(35)14-3-4-15(25)8-17(7-14)38(36,37)21-6-13(2-5-18(21)26)24(34)31-16-9-19(27)22(29)20(28)10-16/h2,5-6,9-10,12,14-15,17,32,35H,3-4,7-8,11H2,1H3,(H,30,33)(H,31,34)/t12-,14-,15?,17-,25-/m0/s1. The van der Waals surface area contributed by atoms with Gasteiger partial charge in [-0.3, -0.25) is 9.59 Å². The molecular formula is C25H26ClF3N2O6S. The fourth-order valence-electron chi connectivity index (χ4n) is 5.40. The summed E-state index contributed by atoms with van der Waals surface area (Å²) in [4.78, 5) is 24.2. The Labute approximate surface area is 222 Å². The second-order valence-corrected chi connectivity index (χ2v) is 12.5. The molecule has 0 aliphatic heterocycles. The van der Waals surface area contributed by atoms with Crippen LogP contribution in [-0.2, 0) is 14.6 Å². The van der Waals surface area contributed by atoms with Gasteiger partial charge in [-0.25, -0.2) is 21.6 Å². The molecule has 13 heteroatoms. The first kappa shape index (κ1) is 28.3. The van der Waals surface area contributed by atoms with E-state index in [4.69, 9.17) is 11.6 Å². The third-order valence-electron chi connectivity index (χ3n) is 7.48. The minimum absolute atomic E-state index is 0.0980. The van der Waals surface area contributed by atoms with E-state index < -0.39 is 67.9 Å². The minimum atomic E-state index is -4.08. The summed E-state index contributed by atoms with van der Waals surface area (Å²) in [5.74, 6) is -7.08. The van der Waals surface area contributed by atoms with Crippen LogP contribution in [0.1, 0.15) is 43.0 Å². The molecule has 0 saturated heterocycles. The number of carbonyl (C=O) groups is 2. The summed E-state index contributed by atoms with van der Waals surface area (Å²) >= 11 is 6.21. The Morgan fingerprint density at radius 3 is 2.24 bits per heavy atom. The van der Waals surface area contributed by atoms with Gasteiger partial charge in [-0.1, -0.05) is 11.6 Å². The Morgan fingerprint density at radius 1 is 1.11 bits per heavy atom. The number of rotatable bonds is 7. The van der Waals surface area contributed by atoms with Crippen molar-refractivity contribution in [1.29, 1.82) is 0 Å². The third kappa shape index (κ3) is 5.27. The van der Waals surface area contributed by atoms with E-state index in [1.165, 1.54) is 19.1 Å². The average Bonchev–Trinajstić information content (AvgIpc) is 3.01. The number of aliphatic hydroxyl groups is 2. The van der Waals surface area contributed by atoms with Gasteiger partial charge in [0.05, 0.1) is 20.8 Å². The van der Waals surface area contributed by atoms with Gasteiger partial charge in [0, 0.05) is 29.9 Å². The summed E-state index contributed by atoms with van der Waals surface area (Å²) in [6, 6.07) is 4.70. The second-order valence-electron chi connectivity index (χ2n) is 9.85. The van der Waals surface area contributed by atoms with Crippen molar-refractivity contribution in [3.8, 4) is 0 Å². The van der Waals surface area contributed by atoms with Gasteiger partial charge in [0.25, 0.3) is 5.91 Å². The molecule has 206 valence electrons. The van der Waals surface area contributed by atoms with E-state index >= 15 is 0 Å². The maximum absolute atomic E-state index is 13.6. The maximum Gasteiger partial charge on any atom is 0.255 e. The normalized spacial score (nSPS) is 25.6. The molecule has 4 rings (SSSR count). The number of nitrogens with one attached hydrogen (secondary N) is 2. The van der Waals surface area contributed by atoms with Crippen LogP contribution in [0.3, 0.4) is 0 Å². The molecule has 2 aromatic carbocycles. The van der Waals surface area contributed by atoms with Gasteiger partial charge < -0.3 is 20.8 Å². The topological polar surface area (TPSA) is 133 Å². The molecule has 2 aliphatic rings. The first-order valence-corrected chi connectivity index (χ1v) is 13.8. The predicted octanol–water partition coefficient (Wildman–Crippen LogP) is 3.20. The summed E-state index contributed by atoms with van der Waals surface area (Å²) in [6.07, 6.45) is 0.0551. The zero-order valence-electron chi connectivity index (χ0n) is 20.2. The molecule has 0 spiro atoms. The second kappa shape index (κ2) is 10.5. The highest BCUT2D eigenvalue weighted by Gasteiger charge is 2.55. The van der Waals surface area contributed by atoms with Gasteiger partial charge in [-0.2, -0.15) is 0 Å². The Balaban J connectivity index is 1.54. The number of carbonyl (C=O) groups excluding carboxylic acids is 2. The Hall–Kier alpha value is -2.67. The van der Waals surface area contributed by atoms with Gasteiger partial charge in [-0.15, -0.1) is 0 Å². The molecule has 2 bridgehead atoms. The van der Waals surface area contributed by atoms with E-state index in [2.05, 4.69) is 10.6 Å². The van der Waals surface area contributed by atoms with E-state index in [0.29, 0.717) is 25.0 Å². The van der Waals surface area contributed by atoms with Crippen molar-refractivity contribution in [2.45, 2.75) is 54.5 Å². The van der Waals surface area contributed by atoms with Crippen molar-refractivity contribution < 1.29 is 41.4 Å². The van der Waals surface area contributed by atoms with Crippen LogP contribution in [0.25, 0.3) is 0 Å². The zero-order chi connectivity index (χ0) is 28.0. The first-order valence-electron chi connectivity index (χ1n) is 11.9. The quantitative estimate of drug-likeness (QED) is 0.376. The molecule has 38 heavy (non-hydrogen) atoms. The molecule has 0 radical (unpaired) electrons. The molecule has 4 N–H and O–H groups in total. The molecular weight excluding hydrogens is 549 g/mol. The van der Waals surface area contributed by atoms with Crippen molar-refractivity contribution in [3.63, 3.8) is 0 Å². The van der Waals surface area contributed by atoms with Crippen molar-refractivity contribution in [3.05, 3.63) is 58.4 Å². The van der Waals surface area contributed by atoms with Crippen LogP contribution in [-0.4, -0.2) is 53.9 Å². The largest absolute Gasteiger partial charge is 0.387 e. The van der Waals surface area contributed by atoms with Crippen LogP contribution < -0.4 is 10.6 Å². The molecule has 2 fully saturated rings. The lowest BCUT2D eigenvalue weighted by atomic mass is 9.74. The summed E-state index contributed by atoms with van der Waals surface area (Å²) in [5.41, 5.74) is -1.84. The van der Waals surface area contributed by atoms with E-state index in [1.54, 1.807) is 0 Å². The molecule has 2 aromatic rings. The Bertz CT molecular complexity index is 1350. The molecule has 1 unspecified atom stereocenters. The van der Waals surface area contributed by atoms with E-state index in [1.807, 2.05) is 0 Å². The van der Waals surface area contributed by atoms with E-state index in [-0.39, 0.29) is 40.6 Å². The Kier molecular flexibility index (Phi) is 7.81. The Morgan fingerprint density at radius 2 is 1.68 bits per heavy atom. The minimum Gasteiger partial charge on any atom is -0.387 e. The molecule has 2 saturated carbocycles. The van der Waals surface area contributed by atoms with Crippen LogP contribution in [0.5, 0.6) is 0 Å². The van der Waals surface area contributed by atoms with Crippen molar-refractivity contribution in [2.24, 2.45) is 11.8 Å². The predicted molar refractivity (Wildman–Crippen MR) is 132 cm³/mol. The van der Waals surface area contributed by atoms with Crippen molar-refractivity contribution >= 4 is 38.9 Å². The van der Waals surface area contributed by atoms with Crippen LogP contribution in [0.15, 0.2) is 35.2 Å². The van der Waals surface area contributed by atoms with Gasteiger partial charge in [0.1, 0.15) is 6.10 Å². The lowest BCUT2D eigenvalue weighted by Gasteiger charge is -2.42. The molecule has 2 amide bonds. The highest BCUT2D eigenvalue weighted by molar-refractivity contribution is 7.92. The number of amides is 2. The fraction of sp³-hybridized carbons (Fsp3) is 0.440. The molecule has 2 aliphatic carbocycles. The highest BCUT2D eigenvalue weighted by Crippen LogP contribution is 2.52. The first-order chi connectivity index (χ1) is 17.7. The van der Waals surface area contributed by atoms with E-state index in [9.17, 15) is 41.4 Å². The van der Waals surface area contributed by atoms with E-state index in [0.717, 1.165) is 6.07 Å². The van der Waals surface area contributed by atoms with Crippen LogP contribution in [0.4, 0.5) is 18.9 Å².